The van der Waals surface area contributed by atoms with Gasteiger partial charge in [0, 0.05) is 5.69 Å². The number of allylic oxidation sites excluding steroid dienone is 1. The SMILES string of the molecule is C=CCn1[nH]c(=O)c2cccc(N)c2c1=O. The second-order valence-electron chi connectivity index (χ2n) is 3.42. The molecule has 0 saturated heterocycles. The fourth-order valence-electron chi connectivity index (χ4n) is 1.62. The van der Waals surface area contributed by atoms with Gasteiger partial charge in [-0.3, -0.25) is 14.7 Å². The van der Waals surface area contributed by atoms with Crippen LogP contribution in [-0.4, -0.2) is 9.78 Å². The number of nitrogens with one attached hydrogen (secondary N) is 1. The van der Waals surface area contributed by atoms with E-state index < -0.39 is 0 Å². The normalized spacial score (nSPS) is 10.5. The smallest absolute Gasteiger partial charge is 0.275 e. The maximum atomic E-state index is 12.0. The van der Waals surface area contributed by atoms with Gasteiger partial charge in [-0.25, -0.2) is 4.68 Å². The molecule has 0 bridgehead atoms. The minimum Gasteiger partial charge on any atom is -0.398 e. The minimum absolute atomic E-state index is 0.248. The van der Waals surface area contributed by atoms with Crippen LogP contribution in [0.1, 0.15) is 0 Å². The largest absolute Gasteiger partial charge is 0.398 e. The summed E-state index contributed by atoms with van der Waals surface area (Å²) in [6, 6.07) is 4.82. The number of aromatic amines is 1. The van der Waals surface area contributed by atoms with Crippen LogP contribution in [0.5, 0.6) is 0 Å². The molecule has 0 unspecified atom stereocenters. The van der Waals surface area contributed by atoms with Gasteiger partial charge in [-0.1, -0.05) is 12.1 Å². The average molecular weight is 217 g/mol. The van der Waals surface area contributed by atoms with Crippen LogP contribution in [-0.2, 0) is 6.54 Å². The highest BCUT2D eigenvalue weighted by Crippen LogP contribution is 2.12. The molecule has 0 aliphatic rings. The summed E-state index contributed by atoms with van der Waals surface area (Å²) in [6.07, 6.45) is 1.53. The van der Waals surface area contributed by atoms with E-state index in [4.69, 9.17) is 5.73 Å². The second-order valence-corrected chi connectivity index (χ2v) is 3.42. The molecular formula is C11H11N3O2. The second kappa shape index (κ2) is 3.69. The van der Waals surface area contributed by atoms with Crippen molar-refractivity contribution >= 4 is 16.5 Å². The van der Waals surface area contributed by atoms with Crippen LogP contribution in [0.15, 0.2) is 40.4 Å². The molecule has 2 aromatic rings. The lowest BCUT2D eigenvalue weighted by Crippen LogP contribution is -2.29. The molecule has 1 aromatic carbocycles. The predicted molar refractivity (Wildman–Crippen MR) is 63.4 cm³/mol. The zero-order valence-corrected chi connectivity index (χ0v) is 8.56. The summed E-state index contributed by atoms with van der Waals surface area (Å²) >= 11 is 0. The van der Waals surface area contributed by atoms with E-state index in [1.54, 1.807) is 18.2 Å². The van der Waals surface area contributed by atoms with Crippen molar-refractivity contribution in [1.29, 1.82) is 0 Å². The number of benzene rings is 1. The van der Waals surface area contributed by atoms with Gasteiger partial charge < -0.3 is 5.73 Å². The molecule has 0 aliphatic carbocycles. The number of nitrogen functional groups attached to an aromatic ring is 1. The van der Waals surface area contributed by atoms with Gasteiger partial charge in [0.15, 0.2) is 0 Å². The molecule has 0 saturated carbocycles. The number of hydrogen-bond acceptors (Lipinski definition) is 3. The summed E-state index contributed by atoms with van der Waals surface area (Å²) in [5, 5.41) is 3.04. The number of nitrogens with two attached hydrogens (primary N) is 1. The highest BCUT2D eigenvalue weighted by Gasteiger charge is 2.08. The maximum Gasteiger partial charge on any atom is 0.275 e. The Morgan fingerprint density at radius 2 is 2.19 bits per heavy atom. The monoisotopic (exact) mass is 217 g/mol. The molecule has 5 nitrogen and oxygen atoms in total. The molecular weight excluding hydrogens is 206 g/mol. The zero-order chi connectivity index (χ0) is 11.7. The minimum atomic E-state index is -0.330. The molecule has 1 heterocycles. The highest BCUT2D eigenvalue weighted by atomic mass is 16.2. The van der Waals surface area contributed by atoms with Crippen LogP contribution in [0.25, 0.3) is 10.8 Å². The van der Waals surface area contributed by atoms with Crippen molar-refractivity contribution in [3.8, 4) is 0 Å². The standard InChI is InChI=1S/C11H11N3O2/c1-2-6-14-11(16)9-7(10(15)13-14)4-3-5-8(9)12/h2-5H,1,6,12H2,(H,13,15). The molecule has 0 spiro atoms. The van der Waals surface area contributed by atoms with Crippen LogP contribution >= 0.6 is 0 Å². The number of H-pyrrole nitrogens is 1. The Hall–Kier alpha value is -2.30. The lowest BCUT2D eigenvalue weighted by atomic mass is 10.1. The number of rotatable bonds is 2. The van der Waals surface area contributed by atoms with Gasteiger partial charge in [-0.2, -0.15) is 0 Å². The third kappa shape index (κ3) is 1.42. The van der Waals surface area contributed by atoms with Gasteiger partial charge in [0.05, 0.1) is 17.3 Å². The quantitative estimate of drug-likeness (QED) is 0.566. The molecule has 1 aromatic heterocycles. The summed E-state index contributed by atoms with van der Waals surface area (Å²) in [7, 11) is 0. The Kier molecular flexibility index (Phi) is 2.36. The predicted octanol–water partition coefficient (Wildman–Crippen LogP) is 0.458. The fraction of sp³-hybridized carbons (Fsp3) is 0.0909. The summed E-state index contributed by atoms with van der Waals surface area (Å²) in [5.41, 5.74) is 5.37. The van der Waals surface area contributed by atoms with Crippen LogP contribution in [0, 0.1) is 0 Å². The van der Waals surface area contributed by atoms with E-state index in [1.165, 1.54) is 10.8 Å². The van der Waals surface area contributed by atoms with Crippen molar-refractivity contribution in [2.75, 3.05) is 5.73 Å². The molecule has 3 N–H and O–H groups in total. The fourth-order valence-corrected chi connectivity index (χ4v) is 1.62. The van der Waals surface area contributed by atoms with Gasteiger partial charge in [0.1, 0.15) is 0 Å². The van der Waals surface area contributed by atoms with Crippen molar-refractivity contribution in [2.24, 2.45) is 0 Å². The first-order chi connectivity index (χ1) is 7.65. The van der Waals surface area contributed by atoms with E-state index >= 15 is 0 Å². The Bertz CT molecular complexity index is 667. The topological polar surface area (TPSA) is 80.9 Å². The van der Waals surface area contributed by atoms with Gasteiger partial charge in [-0.05, 0) is 12.1 Å². The van der Waals surface area contributed by atoms with Crippen LogP contribution in [0.2, 0.25) is 0 Å². The van der Waals surface area contributed by atoms with E-state index in [1.807, 2.05) is 0 Å². The lowest BCUT2D eigenvalue weighted by Gasteiger charge is -2.05. The van der Waals surface area contributed by atoms with Crippen molar-refractivity contribution < 1.29 is 0 Å². The van der Waals surface area contributed by atoms with Crippen LogP contribution in [0.4, 0.5) is 5.69 Å². The maximum absolute atomic E-state index is 12.0. The van der Waals surface area contributed by atoms with E-state index in [0.717, 1.165) is 0 Å². The molecule has 0 amide bonds. The number of aromatic nitrogens is 2. The third-order valence-electron chi connectivity index (χ3n) is 2.35. The van der Waals surface area contributed by atoms with E-state index in [2.05, 4.69) is 11.7 Å². The first-order valence-corrected chi connectivity index (χ1v) is 4.77. The van der Waals surface area contributed by atoms with Crippen LogP contribution < -0.4 is 16.9 Å². The molecule has 16 heavy (non-hydrogen) atoms. The first-order valence-electron chi connectivity index (χ1n) is 4.77. The average Bonchev–Trinajstić information content (AvgIpc) is 2.25. The number of fused-ring (bicyclic) bond motifs is 1. The van der Waals surface area contributed by atoms with Crippen molar-refractivity contribution in [2.45, 2.75) is 6.54 Å². The number of nitrogens with zero attached hydrogens (tertiary/aromatic N) is 1. The van der Waals surface area contributed by atoms with Gasteiger partial charge >= 0.3 is 0 Å². The molecule has 2 rings (SSSR count). The van der Waals surface area contributed by atoms with Crippen molar-refractivity contribution in [3.63, 3.8) is 0 Å². The first kappa shape index (κ1) is 10.2. The summed E-state index contributed by atoms with van der Waals surface area (Å²) < 4.78 is 1.19. The Morgan fingerprint density at radius 3 is 2.88 bits per heavy atom. The summed E-state index contributed by atoms with van der Waals surface area (Å²) in [4.78, 5) is 23.6. The third-order valence-corrected chi connectivity index (χ3v) is 2.35. The Balaban J connectivity index is 2.98. The van der Waals surface area contributed by atoms with Crippen molar-refractivity contribution in [3.05, 3.63) is 51.6 Å². The van der Waals surface area contributed by atoms with E-state index in [0.29, 0.717) is 11.1 Å². The Morgan fingerprint density at radius 1 is 1.44 bits per heavy atom. The molecule has 0 radical (unpaired) electrons. The summed E-state index contributed by atoms with van der Waals surface area (Å²) in [5.74, 6) is 0. The summed E-state index contributed by atoms with van der Waals surface area (Å²) in [6.45, 7) is 3.76. The molecule has 5 heteroatoms. The van der Waals surface area contributed by atoms with Gasteiger partial charge in [0.2, 0.25) is 0 Å². The van der Waals surface area contributed by atoms with Gasteiger partial charge in [0.25, 0.3) is 11.1 Å². The molecule has 82 valence electrons. The van der Waals surface area contributed by atoms with Gasteiger partial charge in [-0.15, -0.1) is 6.58 Å². The molecule has 0 aliphatic heterocycles. The van der Waals surface area contributed by atoms with Crippen LogP contribution in [0.3, 0.4) is 0 Å². The van der Waals surface area contributed by atoms with Crippen molar-refractivity contribution in [1.82, 2.24) is 9.78 Å². The number of anilines is 1. The van der Waals surface area contributed by atoms with E-state index in [-0.39, 0.29) is 23.0 Å². The molecule has 0 fully saturated rings. The zero-order valence-electron chi connectivity index (χ0n) is 8.56. The lowest BCUT2D eigenvalue weighted by molar-refractivity contribution is 0.650. The number of hydrogen-bond donors (Lipinski definition) is 2. The van der Waals surface area contributed by atoms with E-state index in [9.17, 15) is 9.59 Å². The Labute approximate surface area is 90.8 Å². The molecule has 0 atom stereocenters. The highest BCUT2D eigenvalue weighted by molar-refractivity contribution is 5.91.